The molecule has 0 radical (unpaired) electrons. The van der Waals surface area contributed by atoms with E-state index < -0.39 is 11.9 Å². The van der Waals surface area contributed by atoms with E-state index in [2.05, 4.69) is 26.3 Å². The van der Waals surface area contributed by atoms with E-state index in [0.717, 1.165) is 5.57 Å². The topological polar surface area (TPSA) is 57.5 Å². The molecule has 0 bridgehead atoms. The van der Waals surface area contributed by atoms with Crippen LogP contribution < -0.4 is 0 Å². The number of aliphatic hydroxyl groups is 1. The quantitative estimate of drug-likeness (QED) is 0.411. The van der Waals surface area contributed by atoms with Gasteiger partial charge in [0, 0.05) is 11.8 Å². The van der Waals surface area contributed by atoms with Gasteiger partial charge in [-0.15, -0.1) is 0 Å². The fourth-order valence-electron chi connectivity index (χ4n) is 3.60. The predicted molar refractivity (Wildman–Crippen MR) is 99.7 cm³/mol. The summed E-state index contributed by atoms with van der Waals surface area (Å²) in [4.78, 5) is 11.3. The highest BCUT2D eigenvalue weighted by molar-refractivity contribution is 5.91. The number of hydrogen-bond acceptors (Lipinski definition) is 2. The molecule has 0 saturated heterocycles. The van der Waals surface area contributed by atoms with E-state index in [1.54, 1.807) is 0 Å². The predicted octanol–water partition coefficient (Wildman–Crippen LogP) is 5.45. The number of carboxylic acid groups (broad SMARTS) is 1. The Balaban J connectivity index is 3.65. The van der Waals surface area contributed by atoms with Crippen LogP contribution in [0.4, 0.5) is 0 Å². The van der Waals surface area contributed by atoms with Crippen molar-refractivity contribution < 1.29 is 15.0 Å². The first-order chi connectivity index (χ1) is 10.6. The fraction of sp³-hybridized carbons (Fsp3) is 0.476. The molecule has 0 aliphatic heterocycles. The van der Waals surface area contributed by atoms with Gasteiger partial charge in [-0.2, -0.15) is 0 Å². The van der Waals surface area contributed by atoms with Crippen LogP contribution >= 0.6 is 0 Å². The van der Waals surface area contributed by atoms with Crippen LogP contribution in [0.3, 0.4) is 0 Å². The number of allylic oxidation sites excluding steroid dienone is 3. The monoisotopic (exact) mass is 330 g/mol. The molecular formula is C21H30O3. The summed E-state index contributed by atoms with van der Waals surface area (Å²) in [6, 6.07) is 0. The highest BCUT2D eigenvalue weighted by Crippen LogP contribution is 2.53. The lowest BCUT2D eigenvalue weighted by Crippen LogP contribution is -2.36. The van der Waals surface area contributed by atoms with Crippen LogP contribution in [0.5, 0.6) is 0 Å². The average molecular weight is 330 g/mol. The van der Waals surface area contributed by atoms with Gasteiger partial charge in [0.15, 0.2) is 0 Å². The van der Waals surface area contributed by atoms with Gasteiger partial charge < -0.3 is 10.2 Å². The van der Waals surface area contributed by atoms with Gasteiger partial charge in [0.1, 0.15) is 5.76 Å². The molecule has 1 aliphatic rings. The summed E-state index contributed by atoms with van der Waals surface area (Å²) >= 11 is 0. The van der Waals surface area contributed by atoms with E-state index in [-0.39, 0.29) is 28.1 Å². The normalized spacial score (nSPS) is 22.6. The largest absolute Gasteiger partial charge is 0.511 e. The molecule has 0 fully saturated rings. The third-order valence-electron chi connectivity index (χ3n) is 4.55. The van der Waals surface area contributed by atoms with Crippen molar-refractivity contribution in [2.24, 2.45) is 22.7 Å². The molecular weight excluding hydrogens is 300 g/mol. The zero-order valence-corrected chi connectivity index (χ0v) is 15.8. The molecule has 0 aromatic rings. The molecule has 132 valence electrons. The minimum atomic E-state index is -1.11. The Morgan fingerprint density at radius 2 is 1.50 bits per heavy atom. The van der Waals surface area contributed by atoms with Gasteiger partial charge in [-0.3, -0.25) is 0 Å². The molecule has 3 heteroatoms. The maximum absolute atomic E-state index is 11.3. The molecule has 0 spiro atoms. The lowest BCUT2D eigenvalue weighted by Gasteiger charge is -2.45. The fourth-order valence-corrected chi connectivity index (χ4v) is 3.60. The van der Waals surface area contributed by atoms with E-state index in [1.165, 1.54) is 0 Å². The summed E-state index contributed by atoms with van der Waals surface area (Å²) < 4.78 is 0. The van der Waals surface area contributed by atoms with Crippen LogP contribution in [0.25, 0.3) is 0 Å². The van der Waals surface area contributed by atoms with Crippen LogP contribution in [-0.4, -0.2) is 16.2 Å². The standard InChI is InChI=1S/C21H30O3/c1-11(12(2)19(23)24)15-13(3)16(20(5,6)7)18(22)17(14(15)4)21(8,9)10/h15-16,22H,1-4H2,5-10H3,(H,23,24). The molecule has 0 amide bonds. The minimum absolute atomic E-state index is 0.0513. The molecule has 2 atom stereocenters. The molecule has 3 nitrogen and oxygen atoms in total. The number of hydrogen-bond donors (Lipinski definition) is 2. The number of aliphatic carboxylic acids is 1. The summed E-state index contributed by atoms with van der Waals surface area (Å²) in [6.45, 7) is 28.0. The van der Waals surface area contributed by atoms with Crippen LogP contribution in [0.1, 0.15) is 41.5 Å². The van der Waals surface area contributed by atoms with E-state index in [9.17, 15) is 15.0 Å². The van der Waals surface area contributed by atoms with Gasteiger partial charge in [-0.25, -0.2) is 4.79 Å². The maximum atomic E-state index is 11.3. The Hall–Kier alpha value is -2.03. The van der Waals surface area contributed by atoms with E-state index in [4.69, 9.17) is 0 Å². The molecule has 1 rings (SSSR count). The highest BCUT2D eigenvalue weighted by atomic mass is 16.4. The van der Waals surface area contributed by atoms with E-state index >= 15 is 0 Å². The molecule has 0 saturated carbocycles. The molecule has 2 N–H and O–H groups in total. The zero-order chi connectivity index (χ0) is 19.2. The number of aliphatic hydroxyl groups excluding tert-OH is 1. The molecule has 2 unspecified atom stereocenters. The Morgan fingerprint density at radius 3 is 1.83 bits per heavy atom. The maximum Gasteiger partial charge on any atom is 0.335 e. The molecule has 0 aromatic carbocycles. The van der Waals surface area contributed by atoms with Crippen molar-refractivity contribution in [1.29, 1.82) is 0 Å². The number of carboxylic acids is 1. The number of carbonyl (C=O) groups is 1. The summed E-state index contributed by atoms with van der Waals surface area (Å²) in [5, 5.41) is 20.3. The zero-order valence-electron chi connectivity index (χ0n) is 15.8. The van der Waals surface area contributed by atoms with Crippen LogP contribution in [-0.2, 0) is 4.79 Å². The Labute approximate surface area is 145 Å². The SMILES string of the molecule is C=C(C(=C)C1C(=C)C(C(C)(C)C)=C(O)C(C(C)(C)C)C1=C)C(=O)O. The number of rotatable bonds is 3. The minimum Gasteiger partial charge on any atom is -0.511 e. The van der Waals surface area contributed by atoms with Crippen molar-refractivity contribution in [3.8, 4) is 0 Å². The van der Waals surface area contributed by atoms with Crippen molar-refractivity contribution in [1.82, 2.24) is 0 Å². The smallest absolute Gasteiger partial charge is 0.335 e. The second kappa shape index (κ2) is 6.12. The van der Waals surface area contributed by atoms with Gasteiger partial charge in [0.05, 0.1) is 5.57 Å². The van der Waals surface area contributed by atoms with Crippen molar-refractivity contribution in [2.45, 2.75) is 41.5 Å². The molecule has 0 heterocycles. The average Bonchev–Trinajstić information content (AvgIpc) is 2.33. The first kappa shape index (κ1) is 20.0. The lowest BCUT2D eigenvalue weighted by atomic mass is 9.60. The third kappa shape index (κ3) is 3.40. The van der Waals surface area contributed by atoms with Gasteiger partial charge in [0.2, 0.25) is 0 Å². The van der Waals surface area contributed by atoms with Crippen LogP contribution in [0, 0.1) is 22.7 Å². The van der Waals surface area contributed by atoms with Gasteiger partial charge >= 0.3 is 5.97 Å². The third-order valence-corrected chi connectivity index (χ3v) is 4.55. The Kier molecular flexibility index (Phi) is 5.10. The second-order valence-corrected chi connectivity index (χ2v) is 8.65. The molecule has 24 heavy (non-hydrogen) atoms. The van der Waals surface area contributed by atoms with Crippen LogP contribution in [0.2, 0.25) is 0 Å². The Bertz CT molecular complexity index is 660. The van der Waals surface area contributed by atoms with Gasteiger partial charge in [-0.05, 0) is 27.5 Å². The summed E-state index contributed by atoms with van der Waals surface area (Å²) in [6.07, 6.45) is 0. The van der Waals surface area contributed by atoms with E-state index in [0.29, 0.717) is 16.7 Å². The second-order valence-electron chi connectivity index (χ2n) is 8.65. The Morgan fingerprint density at radius 1 is 1.04 bits per heavy atom. The van der Waals surface area contributed by atoms with Gasteiger partial charge in [-0.1, -0.05) is 73.4 Å². The van der Waals surface area contributed by atoms with Crippen molar-refractivity contribution >= 4 is 5.97 Å². The van der Waals surface area contributed by atoms with Gasteiger partial charge in [0.25, 0.3) is 0 Å². The summed E-state index contributed by atoms with van der Waals surface area (Å²) in [7, 11) is 0. The van der Waals surface area contributed by atoms with E-state index in [1.807, 2.05) is 41.5 Å². The first-order valence-corrected chi connectivity index (χ1v) is 8.05. The van der Waals surface area contributed by atoms with Crippen molar-refractivity contribution in [3.05, 3.63) is 59.9 Å². The lowest BCUT2D eigenvalue weighted by molar-refractivity contribution is -0.132. The summed E-state index contributed by atoms with van der Waals surface area (Å²) in [5.41, 5.74) is 1.82. The van der Waals surface area contributed by atoms with Crippen molar-refractivity contribution in [3.63, 3.8) is 0 Å². The molecule has 0 aromatic heterocycles. The first-order valence-electron chi connectivity index (χ1n) is 8.05. The van der Waals surface area contributed by atoms with Crippen LogP contribution in [0.15, 0.2) is 59.9 Å². The van der Waals surface area contributed by atoms with Crippen molar-refractivity contribution in [2.75, 3.05) is 0 Å². The highest BCUT2D eigenvalue weighted by Gasteiger charge is 2.45. The summed E-state index contributed by atoms with van der Waals surface area (Å²) in [5.74, 6) is -1.58. The molecule has 1 aliphatic carbocycles.